The van der Waals surface area contributed by atoms with Crippen LogP contribution in [0.3, 0.4) is 0 Å². The lowest BCUT2D eigenvalue weighted by Crippen LogP contribution is -2.35. The molecule has 2 amide bonds. The number of hydrogen-bond donors (Lipinski definition) is 2. The van der Waals surface area contributed by atoms with E-state index < -0.39 is 30.4 Å². The standard InChI is InChI=1S/C18H18N2O6/c1-11(21)13-5-3-6-14(9-13)20-17(23)12(2)26-16(22)10-19-18(24)15-7-4-8-25-15/h3-9,12H,10H2,1-2H3,(H,19,24)(H,20,23)/t12-/m0/s1. The molecule has 1 aromatic carbocycles. The Balaban J connectivity index is 1.82. The highest BCUT2D eigenvalue weighted by molar-refractivity contribution is 5.99. The Kier molecular flexibility index (Phi) is 6.26. The highest BCUT2D eigenvalue weighted by Crippen LogP contribution is 2.12. The molecule has 0 unspecified atom stereocenters. The van der Waals surface area contributed by atoms with E-state index in [2.05, 4.69) is 10.6 Å². The monoisotopic (exact) mass is 358 g/mol. The van der Waals surface area contributed by atoms with E-state index in [-0.39, 0.29) is 11.5 Å². The number of carbonyl (C=O) groups excluding carboxylic acids is 4. The Bertz CT molecular complexity index is 813. The Morgan fingerprint density at radius 2 is 1.92 bits per heavy atom. The van der Waals surface area contributed by atoms with Crippen molar-refractivity contribution in [3.63, 3.8) is 0 Å². The van der Waals surface area contributed by atoms with Gasteiger partial charge in [-0.15, -0.1) is 0 Å². The minimum atomic E-state index is -1.08. The summed E-state index contributed by atoms with van der Waals surface area (Å²) in [6.07, 6.45) is 0.254. The number of ether oxygens (including phenoxy) is 1. The van der Waals surface area contributed by atoms with Gasteiger partial charge in [-0.25, -0.2) is 0 Å². The first-order chi connectivity index (χ1) is 12.4. The van der Waals surface area contributed by atoms with Crippen molar-refractivity contribution in [2.24, 2.45) is 0 Å². The van der Waals surface area contributed by atoms with E-state index in [4.69, 9.17) is 9.15 Å². The second-order valence-electron chi connectivity index (χ2n) is 5.42. The van der Waals surface area contributed by atoms with E-state index >= 15 is 0 Å². The van der Waals surface area contributed by atoms with Crippen LogP contribution in [0, 0.1) is 0 Å². The zero-order chi connectivity index (χ0) is 19.1. The highest BCUT2D eigenvalue weighted by Gasteiger charge is 2.19. The number of ketones is 1. The molecule has 1 aromatic heterocycles. The van der Waals surface area contributed by atoms with Gasteiger partial charge in [0.1, 0.15) is 6.54 Å². The molecule has 2 aromatic rings. The molecule has 0 saturated carbocycles. The van der Waals surface area contributed by atoms with Gasteiger partial charge in [0.15, 0.2) is 17.6 Å². The molecule has 26 heavy (non-hydrogen) atoms. The molecule has 0 spiro atoms. The Morgan fingerprint density at radius 3 is 2.58 bits per heavy atom. The molecule has 0 radical (unpaired) electrons. The third-order valence-electron chi connectivity index (χ3n) is 3.35. The SMILES string of the molecule is CC(=O)c1cccc(NC(=O)[C@H](C)OC(=O)CNC(=O)c2ccco2)c1. The maximum absolute atomic E-state index is 12.1. The van der Waals surface area contributed by atoms with Crippen molar-refractivity contribution in [2.45, 2.75) is 20.0 Å². The quantitative estimate of drug-likeness (QED) is 0.576. The van der Waals surface area contributed by atoms with Gasteiger partial charge in [-0.3, -0.25) is 19.2 Å². The first-order valence-corrected chi connectivity index (χ1v) is 7.80. The van der Waals surface area contributed by atoms with Crippen molar-refractivity contribution in [1.29, 1.82) is 0 Å². The molecule has 0 aliphatic carbocycles. The molecule has 0 aliphatic heterocycles. The molecule has 0 fully saturated rings. The van der Waals surface area contributed by atoms with Crippen LogP contribution in [0.5, 0.6) is 0 Å². The number of carbonyl (C=O) groups is 4. The number of amides is 2. The normalized spacial score (nSPS) is 11.3. The van der Waals surface area contributed by atoms with Crippen molar-refractivity contribution in [2.75, 3.05) is 11.9 Å². The summed E-state index contributed by atoms with van der Waals surface area (Å²) in [7, 11) is 0. The molecule has 2 N–H and O–H groups in total. The van der Waals surface area contributed by atoms with Gasteiger partial charge in [-0.1, -0.05) is 12.1 Å². The molecular formula is C18H18N2O6. The second-order valence-corrected chi connectivity index (χ2v) is 5.42. The lowest BCUT2D eigenvalue weighted by molar-refractivity contribution is -0.152. The zero-order valence-electron chi connectivity index (χ0n) is 14.3. The van der Waals surface area contributed by atoms with Crippen LogP contribution in [-0.2, 0) is 14.3 Å². The van der Waals surface area contributed by atoms with E-state index in [0.29, 0.717) is 11.3 Å². The van der Waals surface area contributed by atoms with Gasteiger partial charge in [-0.05, 0) is 38.1 Å². The van der Waals surface area contributed by atoms with Gasteiger partial charge in [0.25, 0.3) is 11.8 Å². The number of anilines is 1. The summed E-state index contributed by atoms with van der Waals surface area (Å²) in [5.41, 5.74) is 0.866. The molecule has 8 nitrogen and oxygen atoms in total. The van der Waals surface area contributed by atoms with Gasteiger partial charge in [0, 0.05) is 11.3 Å². The average Bonchev–Trinajstić information content (AvgIpc) is 3.14. The number of furan rings is 1. The smallest absolute Gasteiger partial charge is 0.326 e. The van der Waals surface area contributed by atoms with E-state index in [1.807, 2.05) is 0 Å². The third-order valence-corrected chi connectivity index (χ3v) is 3.35. The Morgan fingerprint density at radius 1 is 1.15 bits per heavy atom. The number of Topliss-reactive ketones (excluding diaryl/α,β-unsaturated/α-hetero) is 1. The molecule has 1 heterocycles. The minimum Gasteiger partial charge on any atom is -0.459 e. The first kappa shape index (κ1) is 18.9. The molecule has 2 rings (SSSR count). The largest absolute Gasteiger partial charge is 0.459 e. The topological polar surface area (TPSA) is 115 Å². The van der Waals surface area contributed by atoms with Crippen molar-refractivity contribution in [3.05, 3.63) is 54.0 Å². The van der Waals surface area contributed by atoms with Crippen LogP contribution in [0.4, 0.5) is 5.69 Å². The molecular weight excluding hydrogens is 340 g/mol. The van der Waals surface area contributed by atoms with Crippen molar-refractivity contribution in [1.82, 2.24) is 5.32 Å². The van der Waals surface area contributed by atoms with Crippen LogP contribution in [0.2, 0.25) is 0 Å². The molecule has 1 atom stereocenters. The van der Waals surface area contributed by atoms with Crippen LogP contribution in [0.25, 0.3) is 0 Å². The maximum atomic E-state index is 12.1. The molecule has 0 aliphatic rings. The fraction of sp³-hybridized carbons (Fsp3) is 0.222. The molecule has 136 valence electrons. The Hall–Kier alpha value is -3.42. The number of nitrogens with one attached hydrogen (secondary N) is 2. The van der Waals surface area contributed by atoms with Gasteiger partial charge >= 0.3 is 5.97 Å². The minimum absolute atomic E-state index is 0.0638. The van der Waals surface area contributed by atoms with Gasteiger partial charge in [0.2, 0.25) is 0 Å². The third kappa shape index (κ3) is 5.30. The van der Waals surface area contributed by atoms with Gasteiger partial charge in [-0.2, -0.15) is 0 Å². The fourth-order valence-electron chi connectivity index (χ4n) is 2.00. The lowest BCUT2D eigenvalue weighted by atomic mass is 10.1. The van der Waals surface area contributed by atoms with Crippen molar-refractivity contribution < 1.29 is 28.3 Å². The van der Waals surface area contributed by atoms with Crippen molar-refractivity contribution in [3.8, 4) is 0 Å². The van der Waals surface area contributed by atoms with Crippen LogP contribution < -0.4 is 10.6 Å². The number of hydrogen-bond acceptors (Lipinski definition) is 6. The lowest BCUT2D eigenvalue weighted by Gasteiger charge is -2.14. The predicted molar refractivity (Wildman–Crippen MR) is 91.7 cm³/mol. The zero-order valence-corrected chi connectivity index (χ0v) is 14.3. The molecule has 0 saturated heterocycles. The summed E-state index contributed by atoms with van der Waals surface area (Å²) in [4.78, 5) is 46.8. The van der Waals surface area contributed by atoms with Crippen LogP contribution >= 0.6 is 0 Å². The number of rotatable bonds is 7. The average molecular weight is 358 g/mol. The maximum Gasteiger partial charge on any atom is 0.326 e. The van der Waals surface area contributed by atoms with E-state index in [1.54, 1.807) is 24.3 Å². The van der Waals surface area contributed by atoms with Crippen LogP contribution in [0.15, 0.2) is 47.1 Å². The summed E-state index contributed by atoms with van der Waals surface area (Å²) in [6.45, 7) is 2.41. The Labute approximate surface area is 149 Å². The summed E-state index contributed by atoms with van der Waals surface area (Å²) in [5.74, 6) is -1.96. The van der Waals surface area contributed by atoms with Crippen molar-refractivity contribution >= 4 is 29.3 Å². The number of benzene rings is 1. The molecule has 8 heteroatoms. The first-order valence-electron chi connectivity index (χ1n) is 7.80. The van der Waals surface area contributed by atoms with E-state index in [9.17, 15) is 19.2 Å². The van der Waals surface area contributed by atoms with E-state index in [1.165, 1.54) is 32.2 Å². The molecule has 0 bridgehead atoms. The van der Waals surface area contributed by atoms with Gasteiger partial charge in [0.05, 0.1) is 6.26 Å². The van der Waals surface area contributed by atoms with Crippen LogP contribution in [0.1, 0.15) is 34.8 Å². The second kappa shape index (κ2) is 8.61. The summed E-state index contributed by atoms with van der Waals surface area (Å²) >= 11 is 0. The number of esters is 1. The predicted octanol–water partition coefficient (Wildman–Crippen LogP) is 1.78. The summed E-state index contributed by atoms with van der Waals surface area (Å²) in [5, 5.41) is 4.88. The van der Waals surface area contributed by atoms with Crippen LogP contribution in [-0.4, -0.2) is 36.2 Å². The van der Waals surface area contributed by atoms with E-state index in [0.717, 1.165) is 0 Å². The van der Waals surface area contributed by atoms with Gasteiger partial charge < -0.3 is 19.8 Å². The highest BCUT2D eigenvalue weighted by atomic mass is 16.5. The summed E-state index contributed by atoms with van der Waals surface area (Å²) < 4.78 is 9.85. The summed E-state index contributed by atoms with van der Waals surface area (Å²) in [6, 6.07) is 9.39. The fourth-order valence-corrected chi connectivity index (χ4v) is 2.00.